The Morgan fingerprint density at radius 1 is 1.50 bits per heavy atom. The maximum atomic E-state index is 5.85. The molecule has 0 saturated heterocycles. The van der Waals surface area contributed by atoms with Crippen molar-refractivity contribution in [3.63, 3.8) is 0 Å². The fraction of sp³-hybridized carbons (Fsp3) is 0.200. The standard InChI is InChI=1S/C10H8BrCl/c1-3-7(2)8-4-9(11)6-10(12)5-8/h1,4-7H,2H3. The lowest BCUT2D eigenvalue weighted by molar-refractivity contribution is 1.00. The molecule has 0 aliphatic carbocycles. The molecule has 1 aromatic carbocycles. The van der Waals surface area contributed by atoms with E-state index in [1.54, 1.807) is 0 Å². The van der Waals surface area contributed by atoms with E-state index in [1.807, 2.05) is 25.1 Å². The average molecular weight is 244 g/mol. The van der Waals surface area contributed by atoms with Gasteiger partial charge in [-0.1, -0.05) is 33.5 Å². The lowest BCUT2D eigenvalue weighted by atomic mass is 10.0. The van der Waals surface area contributed by atoms with Gasteiger partial charge in [0.2, 0.25) is 0 Å². The molecule has 2 heteroatoms. The molecule has 0 saturated carbocycles. The second-order valence-electron chi connectivity index (χ2n) is 2.59. The normalized spacial score (nSPS) is 12.2. The van der Waals surface area contributed by atoms with Crippen molar-refractivity contribution in [3.05, 3.63) is 33.3 Å². The highest BCUT2D eigenvalue weighted by molar-refractivity contribution is 9.10. The van der Waals surface area contributed by atoms with E-state index in [2.05, 4.69) is 21.9 Å². The van der Waals surface area contributed by atoms with Gasteiger partial charge in [0.25, 0.3) is 0 Å². The van der Waals surface area contributed by atoms with Crippen LogP contribution in [0, 0.1) is 12.3 Å². The highest BCUT2D eigenvalue weighted by Crippen LogP contribution is 2.24. The summed E-state index contributed by atoms with van der Waals surface area (Å²) in [6.07, 6.45) is 5.30. The molecule has 1 unspecified atom stereocenters. The maximum absolute atomic E-state index is 5.85. The summed E-state index contributed by atoms with van der Waals surface area (Å²) < 4.78 is 0.965. The third-order valence-corrected chi connectivity index (χ3v) is 2.31. The average Bonchev–Trinajstić information content (AvgIpc) is 2.01. The minimum atomic E-state index is 0.111. The summed E-state index contributed by atoms with van der Waals surface area (Å²) in [5, 5.41) is 0.710. The number of rotatable bonds is 1. The van der Waals surface area contributed by atoms with Gasteiger partial charge in [-0.05, 0) is 30.7 Å². The van der Waals surface area contributed by atoms with Crippen molar-refractivity contribution < 1.29 is 0 Å². The highest BCUT2D eigenvalue weighted by atomic mass is 79.9. The minimum Gasteiger partial charge on any atom is -0.119 e. The van der Waals surface area contributed by atoms with E-state index >= 15 is 0 Å². The van der Waals surface area contributed by atoms with Crippen LogP contribution in [0.3, 0.4) is 0 Å². The summed E-state index contributed by atoms with van der Waals surface area (Å²) in [6.45, 7) is 1.97. The van der Waals surface area contributed by atoms with E-state index in [-0.39, 0.29) is 5.92 Å². The Balaban J connectivity index is 3.10. The first-order valence-corrected chi connectivity index (χ1v) is 4.72. The number of terminal acetylenes is 1. The van der Waals surface area contributed by atoms with Crippen LogP contribution < -0.4 is 0 Å². The lowest BCUT2D eigenvalue weighted by Gasteiger charge is -2.05. The number of hydrogen-bond donors (Lipinski definition) is 0. The first-order valence-electron chi connectivity index (χ1n) is 3.55. The highest BCUT2D eigenvalue weighted by Gasteiger charge is 2.03. The van der Waals surface area contributed by atoms with Crippen LogP contribution in [-0.4, -0.2) is 0 Å². The fourth-order valence-corrected chi connectivity index (χ4v) is 1.81. The Hall–Kier alpha value is -0.450. The molecular weight excluding hydrogens is 235 g/mol. The third kappa shape index (κ3) is 2.27. The van der Waals surface area contributed by atoms with Gasteiger partial charge in [-0.25, -0.2) is 0 Å². The van der Waals surface area contributed by atoms with Gasteiger partial charge in [0.05, 0.1) is 0 Å². The van der Waals surface area contributed by atoms with Crippen molar-refractivity contribution in [2.75, 3.05) is 0 Å². The SMILES string of the molecule is C#CC(C)c1cc(Cl)cc(Br)c1. The smallest absolute Gasteiger partial charge is 0.0422 e. The van der Waals surface area contributed by atoms with Crippen molar-refractivity contribution in [2.24, 2.45) is 0 Å². The molecule has 1 aromatic rings. The molecular formula is C10H8BrCl. The van der Waals surface area contributed by atoms with Crippen LogP contribution in [0.1, 0.15) is 18.4 Å². The summed E-state index contributed by atoms with van der Waals surface area (Å²) in [4.78, 5) is 0. The van der Waals surface area contributed by atoms with Crippen LogP contribution in [-0.2, 0) is 0 Å². The minimum absolute atomic E-state index is 0.111. The number of hydrogen-bond acceptors (Lipinski definition) is 0. The molecule has 0 spiro atoms. The summed E-state index contributed by atoms with van der Waals surface area (Å²) in [5.41, 5.74) is 1.07. The van der Waals surface area contributed by atoms with Gasteiger partial charge in [0.1, 0.15) is 0 Å². The first kappa shape index (κ1) is 9.64. The van der Waals surface area contributed by atoms with Crippen molar-refractivity contribution in [1.29, 1.82) is 0 Å². The molecule has 0 heterocycles. The zero-order valence-corrected chi connectivity index (χ0v) is 8.98. The Bertz CT molecular complexity index is 305. The summed E-state index contributed by atoms with van der Waals surface area (Å²) in [5.74, 6) is 2.77. The van der Waals surface area contributed by atoms with Crippen molar-refractivity contribution in [2.45, 2.75) is 12.8 Å². The van der Waals surface area contributed by atoms with Gasteiger partial charge < -0.3 is 0 Å². The van der Waals surface area contributed by atoms with Gasteiger partial charge in [-0.2, -0.15) is 0 Å². The molecule has 0 amide bonds. The Morgan fingerprint density at radius 2 is 2.17 bits per heavy atom. The molecule has 1 atom stereocenters. The quantitative estimate of drug-likeness (QED) is 0.658. The van der Waals surface area contributed by atoms with Crippen LogP contribution in [0.15, 0.2) is 22.7 Å². The van der Waals surface area contributed by atoms with Crippen LogP contribution in [0.25, 0.3) is 0 Å². The molecule has 0 aromatic heterocycles. The summed E-state index contributed by atoms with van der Waals surface area (Å²) >= 11 is 9.21. The maximum Gasteiger partial charge on any atom is 0.0422 e. The second kappa shape index (κ2) is 3.98. The molecule has 62 valence electrons. The van der Waals surface area contributed by atoms with Crippen LogP contribution in [0.4, 0.5) is 0 Å². The fourth-order valence-electron chi connectivity index (χ4n) is 0.921. The van der Waals surface area contributed by atoms with Gasteiger partial charge in [0.15, 0.2) is 0 Å². The summed E-state index contributed by atoms with van der Waals surface area (Å²) in [7, 11) is 0. The number of halogens is 2. The molecule has 0 bridgehead atoms. The first-order chi connectivity index (χ1) is 5.63. The van der Waals surface area contributed by atoms with E-state index in [0.717, 1.165) is 10.0 Å². The van der Waals surface area contributed by atoms with E-state index in [4.69, 9.17) is 18.0 Å². The molecule has 0 aliphatic heterocycles. The van der Waals surface area contributed by atoms with E-state index in [0.29, 0.717) is 5.02 Å². The van der Waals surface area contributed by atoms with Gasteiger partial charge in [-0.3, -0.25) is 0 Å². The topological polar surface area (TPSA) is 0 Å². The van der Waals surface area contributed by atoms with Gasteiger partial charge >= 0.3 is 0 Å². The van der Waals surface area contributed by atoms with E-state index < -0.39 is 0 Å². The van der Waals surface area contributed by atoms with Crippen molar-refractivity contribution in [3.8, 4) is 12.3 Å². The van der Waals surface area contributed by atoms with E-state index in [1.165, 1.54) is 0 Å². The van der Waals surface area contributed by atoms with Crippen LogP contribution in [0.2, 0.25) is 5.02 Å². The zero-order chi connectivity index (χ0) is 9.14. The monoisotopic (exact) mass is 242 g/mol. The van der Waals surface area contributed by atoms with Crippen LogP contribution >= 0.6 is 27.5 Å². The van der Waals surface area contributed by atoms with E-state index in [9.17, 15) is 0 Å². The lowest BCUT2D eigenvalue weighted by Crippen LogP contribution is -1.88. The molecule has 12 heavy (non-hydrogen) atoms. The third-order valence-electron chi connectivity index (χ3n) is 1.63. The van der Waals surface area contributed by atoms with Crippen LogP contribution in [0.5, 0.6) is 0 Å². The largest absolute Gasteiger partial charge is 0.119 e. The molecule has 0 radical (unpaired) electrons. The summed E-state index contributed by atoms with van der Waals surface area (Å²) in [6, 6.07) is 5.71. The second-order valence-corrected chi connectivity index (χ2v) is 3.94. The van der Waals surface area contributed by atoms with Crippen molar-refractivity contribution in [1.82, 2.24) is 0 Å². The molecule has 0 nitrogen and oxygen atoms in total. The van der Waals surface area contributed by atoms with Gasteiger partial charge in [-0.15, -0.1) is 6.42 Å². The van der Waals surface area contributed by atoms with Crippen molar-refractivity contribution >= 4 is 27.5 Å². The number of benzene rings is 1. The Kier molecular flexibility index (Phi) is 3.20. The molecule has 0 fully saturated rings. The molecule has 0 N–H and O–H groups in total. The molecule has 1 rings (SSSR count). The van der Waals surface area contributed by atoms with Gasteiger partial charge in [0, 0.05) is 15.4 Å². The zero-order valence-electron chi connectivity index (χ0n) is 6.64. The predicted octanol–water partition coefficient (Wildman–Crippen LogP) is 3.84. The predicted molar refractivity (Wildman–Crippen MR) is 56.4 cm³/mol. The Morgan fingerprint density at radius 3 is 2.67 bits per heavy atom. The Labute approximate surface area is 86.1 Å². The molecule has 0 aliphatic rings.